The van der Waals surface area contributed by atoms with Gasteiger partial charge in [-0.3, -0.25) is 9.59 Å². The highest BCUT2D eigenvalue weighted by Gasteiger charge is 2.29. The molecule has 2 atom stereocenters. The van der Waals surface area contributed by atoms with Gasteiger partial charge in [0.05, 0.1) is 16.5 Å². The first kappa shape index (κ1) is 25.8. The number of nitrogens with zero attached hydrogens (tertiary/aromatic N) is 1. The molecule has 0 radical (unpaired) electrons. The van der Waals surface area contributed by atoms with E-state index in [1.807, 2.05) is 20.8 Å². The molecule has 0 aliphatic heterocycles. The van der Waals surface area contributed by atoms with Crippen LogP contribution in [0.5, 0.6) is 0 Å². The minimum atomic E-state index is -0.643. The highest BCUT2D eigenvalue weighted by Crippen LogP contribution is 2.26. The van der Waals surface area contributed by atoms with Crippen molar-refractivity contribution in [2.75, 3.05) is 0 Å². The monoisotopic (exact) mass is 502 g/mol. The highest BCUT2D eigenvalue weighted by molar-refractivity contribution is 6.42. The summed E-state index contributed by atoms with van der Waals surface area (Å²) in [4.78, 5) is 27.9. The van der Waals surface area contributed by atoms with E-state index in [2.05, 4.69) is 5.32 Å². The van der Waals surface area contributed by atoms with Crippen molar-refractivity contribution in [3.63, 3.8) is 0 Å². The van der Waals surface area contributed by atoms with Crippen molar-refractivity contribution in [1.82, 2.24) is 10.2 Å². The summed E-state index contributed by atoms with van der Waals surface area (Å²) in [6, 6.07) is 9.53. The second-order valence-electron chi connectivity index (χ2n) is 7.42. The third kappa shape index (κ3) is 7.28. The molecule has 0 saturated carbocycles. The van der Waals surface area contributed by atoms with Crippen LogP contribution in [0, 0.1) is 0 Å². The van der Waals surface area contributed by atoms with Crippen molar-refractivity contribution < 1.29 is 9.59 Å². The van der Waals surface area contributed by atoms with Crippen LogP contribution in [-0.4, -0.2) is 28.8 Å². The number of carbonyl (C=O) groups excluding carboxylic acids is 2. The van der Waals surface area contributed by atoms with Crippen molar-refractivity contribution in [3.05, 3.63) is 67.6 Å². The summed E-state index contributed by atoms with van der Waals surface area (Å²) < 4.78 is 0. The fourth-order valence-corrected chi connectivity index (χ4v) is 3.91. The van der Waals surface area contributed by atoms with Gasteiger partial charge in [0.2, 0.25) is 11.8 Å². The van der Waals surface area contributed by atoms with E-state index in [0.717, 1.165) is 6.42 Å². The van der Waals surface area contributed by atoms with Crippen LogP contribution < -0.4 is 5.32 Å². The third-order valence-corrected chi connectivity index (χ3v) is 6.41. The van der Waals surface area contributed by atoms with Gasteiger partial charge in [-0.25, -0.2) is 0 Å². The topological polar surface area (TPSA) is 49.4 Å². The Morgan fingerprint density at radius 1 is 0.935 bits per heavy atom. The van der Waals surface area contributed by atoms with Gasteiger partial charge in [-0.2, -0.15) is 0 Å². The third-order valence-electron chi connectivity index (χ3n) is 5.08. The zero-order valence-electron chi connectivity index (χ0n) is 17.7. The molecule has 168 valence electrons. The van der Waals surface area contributed by atoms with E-state index in [1.165, 1.54) is 0 Å². The van der Waals surface area contributed by atoms with Crippen LogP contribution in [0.25, 0.3) is 0 Å². The van der Waals surface area contributed by atoms with Crippen LogP contribution in [0.4, 0.5) is 0 Å². The fourth-order valence-electron chi connectivity index (χ4n) is 3.12. The van der Waals surface area contributed by atoms with Crippen LogP contribution in [0.3, 0.4) is 0 Å². The molecule has 0 bridgehead atoms. The molecule has 2 rings (SSSR count). The molecule has 1 N–H and O–H groups in total. The summed E-state index contributed by atoms with van der Waals surface area (Å²) >= 11 is 24.5. The lowest BCUT2D eigenvalue weighted by molar-refractivity contribution is -0.141. The van der Waals surface area contributed by atoms with Gasteiger partial charge in [-0.05, 0) is 55.2 Å². The van der Waals surface area contributed by atoms with Crippen molar-refractivity contribution in [2.45, 2.75) is 58.7 Å². The lowest BCUT2D eigenvalue weighted by Crippen LogP contribution is -2.51. The Hall–Kier alpha value is -1.46. The maximum absolute atomic E-state index is 13.4. The van der Waals surface area contributed by atoms with Crippen molar-refractivity contribution >= 4 is 58.2 Å². The number of carbonyl (C=O) groups is 2. The first-order valence-corrected chi connectivity index (χ1v) is 11.6. The van der Waals surface area contributed by atoms with Gasteiger partial charge in [-0.15, -0.1) is 0 Å². The van der Waals surface area contributed by atoms with Crippen molar-refractivity contribution in [3.8, 4) is 0 Å². The molecule has 8 heteroatoms. The van der Waals surface area contributed by atoms with E-state index in [-0.39, 0.29) is 30.8 Å². The summed E-state index contributed by atoms with van der Waals surface area (Å²) in [6.45, 7) is 5.99. The van der Waals surface area contributed by atoms with Crippen molar-refractivity contribution in [1.29, 1.82) is 0 Å². The number of hydrogen-bond donors (Lipinski definition) is 1. The Labute approximate surface area is 203 Å². The van der Waals surface area contributed by atoms with Crippen LogP contribution in [0.1, 0.15) is 44.7 Å². The maximum atomic E-state index is 13.4. The average Bonchev–Trinajstić information content (AvgIpc) is 2.71. The van der Waals surface area contributed by atoms with Gasteiger partial charge in [0, 0.05) is 22.6 Å². The zero-order chi connectivity index (χ0) is 23.1. The number of amides is 2. The maximum Gasteiger partial charge on any atom is 0.243 e. The number of halogens is 4. The molecular formula is C23H26Cl4N2O2. The average molecular weight is 504 g/mol. The quantitative estimate of drug-likeness (QED) is 0.421. The Kier molecular flexibility index (Phi) is 9.95. The van der Waals surface area contributed by atoms with Gasteiger partial charge < -0.3 is 10.2 Å². The van der Waals surface area contributed by atoms with E-state index >= 15 is 0 Å². The molecule has 2 amide bonds. The summed E-state index contributed by atoms with van der Waals surface area (Å²) in [6.07, 6.45) is 1.33. The summed E-state index contributed by atoms with van der Waals surface area (Å²) in [5, 5.41) is 4.72. The van der Waals surface area contributed by atoms with E-state index in [0.29, 0.717) is 37.6 Å². The molecule has 2 aromatic carbocycles. The van der Waals surface area contributed by atoms with Crippen LogP contribution in [0.15, 0.2) is 36.4 Å². The Morgan fingerprint density at radius 3 is 2.23 bits per heavy atom. The molecule has 0 fully saturated rings. The number of rotatable bonds is 9. The standard InChI is InChI=1S/C23H26Cl4N2O2/c1-4-14(3)28-23(31)21(5-2)29(13-16-7-8-17(24)12-19(16)26)22(30)11-15-6-9-18(25)20(27)10-15/h6-10,12,14,21H,4-5,11,13H2,1-3H3,(H,28,31). The molecule has 0 spiro atoms. The molecule has 0 aromatic heterocycles. The number of hydrogen-bond acceptors (Lipinski definition) is 2. The first-order valence-electron chi connectivity index (χ1n) is 10.1. The van der Waals surface area contributed by atoms with Crippen LogP contribution >= 0.6 is 46.4 Å². The van der Waals surface area contributed by atoms with Gasteiger partial charge >= 0.3 is 0 Å². The van der Waals surface area contributed by atoms with Crippen LogP contribution in [0.2, 0.25) is 20.1 Å². The van der Waals surface area contributed by atoms with E-state index in [4.69, 9.17) is 46.4 Å². The lowest BCUT2D eigenvalue weighted by atomic mass is 10.1. The molecule has 0 heterocycles. The largest absolute Gasteiger partial charge is 0.352 e. The second kappa shape index (κ2) is 12.0. The summed E-state index contributed by atoms with van der Waals surface area (Å²) in [7, 11) is 0. The van der Waals surface area contributed by atoms with Gasteiger partial charge in [-0.1, -0.05) is 72.4 Å². The minimum Gasteiger partial charge on any atom is -0.352 e. The zero-order valence-corrected chi connectivity index (χ0v) is 20.7. The number of nitrogens with one attached hydrogen (secondary N) is 1. The van der Waals surface area contributed by atoms with Crippen LogP contribution in [-0.2, 0) is 22.6 Å². The highest BCUT2D eigenvalue weighted by atomic mass is 35.5. The molecular weight excluding hydrogens is 478 g/mol. The smallest absolute Gasteiger partial charge is 0.243 e. The summed E-state index contributed by atoms with van der Waals surface area (Å²) in [5.74, 6) is -0.403. The van der Waals surface area contributed by atoms with E-state index < -0.39 is 6.04 Å². The first-order chi connectivity index (χ1) is 14.7. The van der Waals surface area contributed by atoms with Gasteiger partial charge in [0.1, 0.15) is 6.04 Å². The molecule has 2 unspecified atom stereocenters. The Balaban J connectivity index is 2.35. The molecule has 2 aromatic rings. The van der Waals surface area contributed by atoms with Gasteiger partial charge in [0.25, 0.3) is 0 Å². The molecule has 0 saturated heterocycles. The lowest BCUT2D eigenvalue weighted by Gasteiger charge is -2.32. The normalized spacial score (nSPS) is 12.9. The van der Waals surface area contributed by atoms with E-state index in [1.54, 1.807) is 41.3 Å². The molecule has 0 aliphatic carbocycles. The molecule has 31 heavy (non-hydrogen) atoms. The van der Waals surface area contributed by atoms with Gasteiger partial charge in [0.15, 0.2) is 0 Å². The SMILES string of the molecule is CCC(C)NC(=O)C(CC)N(Cc1ccc(Cl)cc1Cl)C(=O)Cc1ccc(Cl)c(Cl)c1. The minimum absolute atomic E-state index is 0.00712. The Bertz CT molecular complexity index is 936. The molecule has 4 nitrogen and oxygen atoms in total. The second-order valence-corrected chi connectivity index (χ2v) is 9.08. The van der Waals surface area contributed by atoms with E-state index in [9.17, 15) is 9.59 Å². The predicted octanol–water partition coefficient (Wildman–Crippen LogP) is 6.56. The molecule has 0 aliphatic rings. The number of benzene rings is 2. The predicted molar refractivity (Wildman–Crippen MR) is 129 cm³/mol. The fraction of sp³-hybridized carbons (Fsp3) is 0.391. The van der Waals surface area contributed by atoms with Crippen molar-refractivity contribution in [2.24, 2.45) is 0 Å². The summed E-state index contributed by atoms with van der Waals surface area (Å²) in [5.41, 5.74) is 1.42. The Morgan fingerprint density at radius 2 is 1.65 bits per heavy atom.